The number of hydrogen-bond acceptors (Lipinski definition) is 3. The lowest BCUT2D eigenvalue weighted by Gasteiger charge is -2.33. The summed E-state index contributed by atoms with van der Waals surface area (Å²) < 4.78 is 33.0. The average Bonchev–Trinajstić information content (AvgIpc) is 2.70. The van der Waals surface area contributed by atoms with Gasteiger partial charge in [-0.05, 0) is 61.7 Å². The van der Waals surface area contributed by atoms with Crippen LogP contribution in [0.2, 0.25) is 0 Å². The Kier molecular flexibility index (Phi) is 5.44. The first-order chi connectivity index (χ1) is 14.8. The van der Waals surface area contributed by atoms with Crippen LogP contribution >= 0.6 is 0 Å². The van der Waals surface area contributed by atoms with Gasteiger partial charge in [-0.2, -0.15) is 0 Å². The molecule has 0 radical (unpaired) electrons. The minimum absolute atomic E-state index is 0.167. The quantitative estimate of drug-likeness (QED) is 0.473. The predicted octanol–water partition coefficient (Wildman–Crippen LogP) is 6.86. The second kappa shape index (κ2) is 8.06. The molecule has 0 atom stereocenters. The molecular formula is C26H26F2N2O. The Balaban J connectivity index is 1.85. The van der Waals surface area contributed by atoms with Crippen molar-refractivity contribution in [2.75, 3.05) is 17.7 Å². The molecule has 3 aromatic carbocycles. The maximum absolute atomic E-state index is 13.7. The fraction of sp³-hybridized carbons (Fsp3) is 0.231. The van der Waals surface area contributed by atoms with Gasteiger partial charge in [-0.3, -0.25) is 0 Å². The zero-order valence-corrected chi connectivity index (χ0v) is 18.1. The molecule has 3 aromatic rings. The number of anilines is 2. The normalized spacial score (nSPS) is 14.3. The SMILES string of the molecule is COc1ccccc1-c1ccc2c(c1CNc1cc(F)cc(F)c1)C(C)=CC(C)(C)N2. The molecule has 0 aromatic heterocycles. The van der Waals surface area contributed by atoms with Crippen molar-refractivity contribution in [3.8, 4) is 16.9 Å². The fourth-order valence-corrected chi connectivity index (χ4v) is 4.35. The van der Waals surface area contributed by atoms with Crippen LogP contribution in [0.25, 0.3) is 16.7 Å². The van der Waals surface area contributed by atoms with Gasteiger partial charge in [0.05, 0.1) is 12.6 Å². The molecule has 0 aliphatic carbocycles. The van der Waals surface area contributed by atoms with Crippen molar-refractivity contribution in [3.05, 3.63) is 83.4 Å². The largest absolute Gasteiger partial charge is 0.496 e. The van der Waals surface area contributed by atoms with E-state index in [1.54, 1.807) is 7.11 Å². The molecule has 0 unspecified atom stereocenters. The number of allylic oxidation sites excluding steroid dienone is 1. The monoisotopic (exact) mass is 420 g/mol. The summed E-state index contributed by atoms with van der Waals surface area (Å²) in [6.45, 7) is 6.74. The Morgan fingerprint density at radius 2 is 1.68 bits per heavy atom. The number of fused-ring (bicyclic) bond motifs is 1. The Hall–Kier alpha value is -3.34. The number of rotatable bonds is 5. The van der Waals surface area contributed by atoms with Gasteiger partial charge in [0.1, 0.15) is 17.4 Å². The molecule has 31 heavy (non-hydrogen) atoms. The number of halogens is 2. The first-order valence-electron chi connectivity index (χ1n) is 10.2. The molecule has 1 aliphatic heterocycles. The highest BCUT2D eigenvalue weighted by atomic mass is 19.1. The van der Waals surface area contributed by atoms with E-state index in [9.17, 15) is 8.78 Å². The molecule has 1 aliphatic rings. The highest BCUT2D eigenvalue weighted by molar-refractivity contribution is 5.88. The van der Waals surface area contributed by atoms with Crippen LogP contribution in [0.1, 0.15) is 31.9 Å². The third-order valence-corrected chi connectivity index (χ3v) is 5.47. The Labute approximate surface area is 181 Å². The lowest BCUT2D eigenvalue weighted by molar-refractivity contribution is 0.416. The van der Waals surface area contributed by atoms with Gasteiger partial charge >= 0.3 is 0 Å². The van der Waals surface area contributed by atoms with Crippen LogP contribution in [0.4, 0.5) is 20.2 Å². The van der Waals surface area contributed by atoms with Crippen LogP contribution in [-0.4, -0.2) is 12.6 Å². The van der Waals surface area contributed by atoms with Gasteiger partial charge in [-0.1, -0.05) is 30.3 Å². The van der Waals surface area contributed by atoms with Crippen molar-refractivity contribution >= 4 is 16.9 Å². The Morgan fingerprint density at radius 3 is 2.39 bits per heavy atom. The van der Waals surface area contributed by atoms with Crippen molar-refractivity contribution in [2.24, 2.45) is 0 Å². The summed E-state index contributed by atoms with van der Waals surface area (Å²) in [4.78, 5) is 0. The second-order valence-electron chi connectivity index (χ2n) is 8.40. The van der Waals surface area contributed by atoms with Crippen molar-refractivity contribution < 1.29 is 13.5 Å². The lowest BCUT2D eigenvalue weighted by Crippen LogP contribution is -2.32. The Morgan fingerprint density at radius 1 is 0.968 bits per heavy atom. The number of methoxy groups -OCH3 is 1. The molecule has 5 heteroatoms. The van der Waals surface area contributed by atoms with Crippen LogP contribution in [-0.2, 0) is 6.54 Å². The van der Waals surface area contributed by atoms with Crippen LogP contribution < -0.4 is 15.4 Å². The van der Waals surface area contributed by atoms with Gasteiger partial charge in [-0.25, -0.2) is 8.78 Å². The molecule has 2 N–H and O–H groups in total. The van der Waals surface area contributed by atoms with Crippen molar-refractivity contribution in [3.63, 3.8) is 0 Å². The summed E-state index contributed by atoms with van der Waals surface area (Å²) in [6, 6.07) is 15.5. The summed E-state index contributed by atoms with van der Waals surface area (Å²) in [6.07, 6.45) is 2.20. The van der Waals surface area contributed by atoms with Crippen molar-refractivity contribution in [1.29, 1.82) is 0 Å². The highest BCUT2D eigenvalue weighted by Crippen LogP contribution is 2.42. The highest BCUT2D eigenvalue weighted by Gasteiger charge is 2.26. The van der Waals surface area contributed by atoms with Crippen LogP contribution in [0, 0.1) is 11.6 Å². The van der Waals surface area contributed by atoms with Gasteiger partial charge in [0.2, 0.25) is 0 Å². The van der Waals surface area contributed by atoms with Gasteiger partial charge in [0.15, 0.2) is 0 Å². The predicted molar refractivity (Wildman–Crippen MR) is 123 cm³/mol. The van der Waals surface area contributed by atoms with E-state index in [-0.39, 0.29) is 5.54 Å². The molecule has 0 bridgehead atoms. The molecule has 3 nitrogen and oxygen atoms in total. The molecular weight excluding hydrogens is 394 g/mol. The van der Waals surface area contributed by atoms with Crippen LogP contribution in [0.3, 0.4) is 0 Å². The maximum atomic E-state index is 13.7. The smallest absolute Gasteiger partial charge is 0.128 e. The first kappa shape index (κ1) is 20.9. The van der Waals surface area contributed by atoms with E-state index in [1.165, 1.54) is 12.1 Å². The zero-order chi connectivity index (χ0) is 22.2. The molecule has 0 fully saturated rings. The number of benzene rings is 3. The van der Waals surface area contributed by atoms with Crippen LogP contribution in [0.15, 0.2) is 60.7 Å². The molecule has 0 spiro atoms. The molecule has 4 rings (SSSR count). The number of para-hydroxylation sites is 1. The van der Waals surface area contributed by atoms with Crippen molar-refractivity contribution in [1.82, 2.24) is 0 Å². The Bertz CT molecular complexity index is 1150. The van der Waals surface area contributed by atoms with Gasteiger partial charge in [0, 0.05) is 35.1 Å². The summed E-state index contributed by atoms with van der Waals surface area (Å²) >= 11 is 0. The third-order valence-electron chi connectivity index (χ3n) is 5.47. The van der Waals surface area contributed by atoms with E-state index in [0.29, 0.717) is 12.2 Å². The summed E-state index contributed by atoms with van der Waals surface area (Å²) in [5, 5.41) is 6.78. The average molecular weight is 421 g/mol. The van der Waals surface area contributed by atoms with E-state index >= 15 is 0 Å². The standard InChI is InChI=1S/C26H26F2N2O/c1-16-14-26(2,3)30-23-10-9-20(21-7-5-6-8-24(21)31-4)22(25(16)23)15-29-19-12-17(27)11-18(28)13-19/h5-14,29-30H,15H2,1-4H3. The maximum Gasteiger partial charge on any atom is 0.128 e. The fourth-order valence-electron chi connectivity index (χ4n) is 4.35. The lowest BCUT2D eigenvalue weighted by atomic mass is 9.85. The first-order valence-corrected chi connectivity index (χ1v) is 10.2. The topological polar surface area (TPSA) is 33.3 Å². The van der Waals surface area contributed by atoms with E-state index < -0.39 is 11.6 Å². The molecule has 0 saturated carbocycles. The van der Waals surface area contributed by atoms with Gasteiger partial charge < -0.3 is 15.4 Å². The van der Waals surface area contributed by atoms with Gasteiger partial charge in [0.25, 0.3) is 0 Å². The van der Waals surface area contributed by atoms with Gasteiger partial charge in [-0.15, -0.1) is 0 Å². The number of hydrogen-bond donors (Lipinski definition) is 2. The summed E-state index contributed by atoms with van der Waals surface area (Å²) in [7, 11) is 1.65. The minimum Gasteiger partial charge on any atom is -0.496 e. The summed E-state index contributed by atoms with van der Waals surface area (Å²) in [5.74, 6) is -0.449. The molecule has 1 heterocycles. The minimum atomic E-state index is -0.609. The van der Waals surface area contributed by atoms with E-state index in [1.807, 2.05) is 24.3 Å². The van der Waals surface area contributed by atoms with E-state index in [0.717, 1.165) is 45.3 Å². The number of ether oxygens (including phenoxy) is 1. The number of nitrogens with one attached hydrogen (secondary N) is 2. The third kappa shape index (κ3) is 4.26. The van der Waals surface area contributed by atoms with Crippen LogP contribution in [0.5, 0.6) is 5.75 Å². The van der Waals surface area contributed by atoms with E-state index in [2.05, 4.69) is 49.6 Å². The van der Waals surface area contributed by atoms with E-state index in [4.69, 9.17) is 4.74 Å². The second-order valence-corrected chi connectivity index (χ2v) is 8.40. The molecule has 160 valence electrons. The molecule has 0 amide bonds. The molecule has 0 saturated heterocycles. The zero-order valence-electron chi connectivity index (χ0n) is 18.1. The summed E-state index contributed by atoms with van der Waals surface area (Å²) in [5.41, 5.74) is 6.51. The van der Waals surface area contributed by atoms with Crippen molar-refractivity contribution in [2.45, 2.75) is 32.9 Å².